The predicted molar refractivity (Wildman–Crippen MR) is 48.9 cm³/mol. The Balaban J connectivity index is 2.92. The lowest BCUT2D eigenvalue weighted by Crippen LogP contribution is -1.95. The first kappa shape index (κ1) is 9.19. The van der Waals surface area contributed by atoms with Gasteiger partial charge in [0.05, 0.1) is 10.6 Å². The van der Waals surface area contributed by atoms with Crippen molar-refractivity contribution < 1.29 is 9.90 Å². The SMILES string of the molecule is CCSc1cc(C(=O)O)c(C)[nH]1. The van der Waals surface area contributed by atoms with Gasteiger partial charge in [-0.2, -0.15) is 0 Å². The summed E-state index contributed by atoms with van der Waals surface area (Å²) in [5, 5.41) is 9.64. The molecular weight excluding hydrogens is 174 g/mol. The maximum Gasteiger partial charge on any atom is 0.337 e. The molecule has 0 saturated carbocycles. The van der Waals surface area contributed by atoms with Crippen molar-refractivity contribution in [3.63, 3.8) is 0 Å². The second kappa shape index (κ2) is 3.67. The number of thioether (sulfide) groups is 1. The minimum atomic E-state index is -0.869. The molecule has 4 heteroatoms. The Hall–Kier alpha value is -0.900. The maximum atomic E-state index is 10.6. The van der Waals surface area contributed by atoms with Crippen molar-refractivity contribution in [2.75, 3.05) is 5.75 Å². The van der Waals surface area contributed by atoms with Crippen molar-refractivity contribution >= 4 is 17.7 Å². The number of aromatic amines is 1. The van der Waals surface area contributed by atoms with Crippen LogP contribution in [-0.2, 0) is 0 Å². The summed E-state index contributed by atoms with van der Waals surface area (Å²) < 4.78 is 0. The summed E-state index contributed by atoms with van der Waals surface area (Å²) in [6, 6.07) is 1.67. The number of nitrogens with one attached hydrogen (secondary N) is 1. The Labute approximate surface area is 75.2 Å². The first-order valence-corrected chi connectivity index (χ1v) is 4.69. The zero-order chi connectivity index (χ0) is 9.14. The number of H-pyrrole nitrogens is 1. The van der Waals surface area contributed by atoms with E-state index in [2.05, 4.69) is 4.98 Å². The Kier molecular flexibility index (Phi) is 2.81. The van der Waals surface area contributed by atoms with E-state index in [-0.39, 0.29) is 0 Å². The van der Waals surface area contributed by atoms with Gasteiger partial charge >= 0.3 is 5.97 Å². The number of aromatic nitrogens is 1. The van der Waals surface area contributed by atoms with Crippen molar-refractivity contribution in [2.24, 2.45) is 0 Å². The Morgan fingerprint density at radius 1 is 1.75 bits per heavy atom. The van der Waals surface area contributed by atoms with Crippen LogP contribution < -0.4 is 0 Å². The minimum absolute atomic E-state index is 0.367. The molecule has 0 amide bonds. The van der Waals surface area contributed by atoms with Crippen LogP contribution in [0.1, 0.15) is 23.0 Å². The van der Waals surface area contributed by atoms with Crippen molar-refractivity contribution in [3.8, 4) is 0 Å². The average Bonchev–Trinajstić information content (AvgIpc) is 2.32. The van der Waals surface area contributed by atoms with Crippen LogP contribution in [-0.4, -0.2) is 21.8 Å². The van der Waals surface area contributed by atoms with Gasteiger partial charge in [-0.15, -0.1) is 11.8 Å². The van der Waals surface area contributed by atoms with Crippen molar-refractivity contribution in [1.82, 2.24) is 4.98 Å². The van der Waals surface area contributed by atoms with Gasteiger partial charge in [-0.05, 0) is 18.7 Å². The molecule has 1 heterocycles. The van der Waals surface area contributed by atoms with Gasteiger partial charge in [0, 0.05) is 5.69 Å². The fourth-order valence-electron chi connectivity index (χ4n) is 0.983. The standard InChI is InChI=1S/C8H11NO2S/c1-3-12-7-4-6(8(10)11)5(2)9-7/h4,9H,3H2,1-2H3,(H,10,11). The fourth-order valence-corrected chi connectivity index (χ4v) is 1.72. The molecule has 66 valence electrons. The van der Waals surface area contributed by atoms with E-state index in [4.69, 9.17) is 5.11 Å². The van der Waals surface area contributed by atoms with Gasteiger partial charge in [-0.25, -0.2) is 4.79 Å². The summed E-state index contributed by atoms with van der Waals surface area (Å²) >= 11 is 1.61. The van der Waals surface area contributed by atoms with Gasteiger partial charge in [0.15, 0.2) is 0 Å². The third-order valence-electron chi connectivity index (χ3n) is 1.52. The summed E-state index contributed by atoms with van der Waals surface area (Å²) in [7, 11) is 0. The average molecular weight is 185 g/mol. The summed E-state index contributed by atoms with van der Waals surface area (Å²) in [4.78, 5) is 13.6. The molecule has 0 atom stereocenters. The molecule has 0 radical (unpaired) electrons. The minimum Gasteiger partial charge on any atom is -0.478 e. The van der Waals surface area contributed by atoms with E-state index in [1.54, 1.807) is 24.8 Å². The molecule has 2 N–H and O–H groups in total. The number of aryl methyl sites for hydroxylation is 1. The van der Waals surface area contributed by atoms with Crippen LogP contribution in [0.15, 0.2) is 11.1 Å². The topological polar surface area (TPSA) is 53.1 Å². The number of aromatic carboxylic acids is 1. The summed E-state index contributed by atoms with van der Waals surface area (Å²) in [6.07, 6.45) is 0. The first-order chi connectivity index (χ1) is 5.65. The Morgan fingerprint density at radius 2 is 2.42 bits per heavy atom. The maximum absolute atomic E-state index is 10.6. The van der Waals surface area contributed by atoms with Crippen LogP contribution in [0.3, 0.4) is 0 Å². The lowest BCUT2D eigenvalue weighted by molar-refractivity contribution is 0.0696. The second-order valence-corrected chi connectivity index (χ2v) is 3.72. The predicted octanol–water partition coefficient (Wildman–Crippen LogP) is 2.13. The van der Waals surface area contributed by atoms with E-state index in [1.165, 1.54) is 0 Å². The quantitative estimate of drug-likeness (QED) is 0.709. The smallest absolute Gasteiger partial charge is 0.337 e. The van der Waals surface area contributed by atoms with Crippen LogP contribution in [0.4, 0.5) is 0 Å². The molecule has 12 heavy (non-hydrogen) atoms. The van der Waals surface area contributed by atoms with E-state index in [1.807, 2.05) is 6.92 Å². The van der Waals surface area contributed by atoms with Crippen LogP contribution in [0.2, 0.25) is 0 Å². The normalized spacial score (nSPS) is 10.2. The number of carbonyl (C=O) groups is 1. The zero-order valence-electron chi connectivity index (χ0n) is 7.05. The molecule has 0 aliphatic heterocycles. The van der Waals surface area contributed by atoms with E-state index in [0.717, 1.165) is 16.5 Å². The zero-order valence-corrected chi connectivity index (χ0v) is 7.86. The molecule has 0 bridgehead atoms. The largest absolute Gasteiger partial charge is 0.478 e. The molecule has 0 aromatic carbocycles. The molecule has 1 aromatic heterocycles. The van der Waals surface area contributed by atoms with E-state index in [9.17, 15) is 4.79 Å². The van der Waals surface area contributed by atoms with Gasteiger partial charge in [-0.1, -0.05) is 6.92 Å². The molecule has 0 unspecified atom stereocenters. The molecular formula is C8H11NO2S. The molecule has 1 aromatic rings. The highest BCUT2D eigenvalue weighted by Gasteiger charge is 2.10. The summed E-state index contributed by atoms with van der Waals surface area (Å²) in [6.45, 7) is 3.80. The van der Waals surface area contributed by atoms with Gasteiger partial charge in [0.1, 0.15) is 0 Å². The van der Waals surface area contributed by atoms with Crippen LogP contribution in [0.25, 0.3) is 0 Å². The Bertz CT molecular complexity index is 293. The van der Waals surface area contributed by atoms with Gasteiger partial charge in [-0.3, -0.25) is 0 Å². The molecule has 3 nitrogen and oxygen atoms in total. The molecule has 0 spiro atoms. The molecule has 0 saturated heterocycles. The lowest BCUT2D eigenvalue weighted by Gasteiger charge is -1.89. The highest BCUT2D eigenvalue weighted by molar-refractivity contribution is 7.99. The van der Waals surface area contributed by atoms with Crippen molar-refractivity contribution in [2.45, 2.75) is 18.9 Å². The van der Waals surface area contributed by atoms with Crippen LogP contribution in [0.5, 0.6) is 0 Å². The van der Waals surface area contributed by atoms with Gasteiger partial charge < -0.3 is 10.1 Å². The lowest BCUT2D eigenvalue weighted by atomic mass is 10.3. The first-order valence-electron chi connectivity index (χ1n) is 3.70. The fraction of sp³-hybridized carbons (Fsp3) is 0.375. The van der Waals surface area contributed by atoms with E-state index >= 15 is 0 Å². The van der Waals surface area contributed by atoms with E-state index in [0.29, 0.717) is 5.56 Å². The highest BCUT2D eigenvalue weighted by atomic mass is 32.2. The number of carboxylic acid groups (broad SMARTS) is 1. The number of hydrogen-bond donors (Lipinski definition) is 2. The molecule has 0 fully saturated rings. The van der Waals surface area contributed by atoms with Crippen LogP contribution in [0, 0.1) is 6.92 Å². The highest BCUT2D eigenvalue weighted by Crippen LogP contribution is 2.19. The molecule has 0 aliphatic carbocycles. The molecule has 1 rings (SSSR count). The third-order valence-corrected chi connectivity index (χ3v) is 2.34. The van der Waals surface area contributed by atoms with Gasteiger partial charge in [0.25, 0.3) is 0 Å². The summed E-state index contributed by atoms with van der Waals surface area (Å²) in [5.74, 6) is 0.0747. The van der Waals surface area contributed by atoms with Crippen molar-refractivity contribution in [3.05, 3.63) is 17.3 Å². The number of hydrogen-bond acceptors (Lipinski definition) is 2. The third kappa shape index (κ3) is 1.82. The summed E-state index contributed by atoms with van der Waals surface area (Å²) in [5.41, 5.74) is 1.09. The number of rotatable bonds is 3. The molecule has 0 aliphatic rings. The van der Waals surface area contributed by atoms with Gasteiger partial charge in [0.2, 0.25) is 0 Å². The Morgan fingerprint density at radius 3 is 2.83 bits per heavy atom. The van der Waals surface area contributed by atoms with Crippen molar-refractivity contribution in [1.29, 1.82) is 0 Å². The number of carboxylic acids is 1. The monoisotopic (exact) mass is 185 g/mol. The second-order valence-electron chi connectivity index (χ2n) is 2.41. The van der Waals surface area contributed by atoms with Crippen LogP contribution >= 0.6 is 11.8 Å². The van der Waals surface area contributed by atoms with E-state index < -0.39 is 5.97 Å².